The smallest absolute Gasteiger partial charge is 0.260 e. The van der Waals surface area contributed by atoms with Crippen LogP contribution in [0.5, 0.6) is 0 Å². The van der Waals surface area contributed by atoms with Crippen molar-refractivity contribution in [2.24, 2.45) is 0 Å². The predicted octanol–water partition coefficient (Wildman–Crippen LogP) is 2.98. The summed E-state index contributed by atoms with van der Waals surface area (Å²) in [6, 6.07) is 12.9. The molecule has 3 aromatic heterocycles. The van der Waals surface area contributed by atoms with Crippen LogP contribution in [-0.4, -0.2) is 71.8 Å². The maximum atomic E-state index is 14.0. The van der Waals surface area contributed by atoms with Gasteiger partial charge in [-0.3, -0.25) is 19.2 Å². The van der Waals surface area contributed by atoms with Crippen molar-refractivity contribution in [2.45, 2.75) is 18.8 Å². The van der Waals surface area contributed by atoms with Gasteiger partial charge >= 0.3 is 0 Å². The van der Waals surface area contributed by atoms with Gasteiger partial charge in [0.05, 0.1) is 12.2 Å². The van der Waals surface area contributed by atoms with E-state index in [-0.39, 0.29) is 12.1 Å². The Balaban J connectivity index is 1.64. The number of anilines is 1. The van der Waals surface area contributed by atoms with E-state index in [0.29, 0.717) is 59.3 Å². The van der Waals surface area contributed by atoms with Crippen LogP contribution < -0.4 is 16.2 Å². The average molecular weight is 554 g/mol. The molecule has 0 spiro atoms. The van der Waals surface area contributed by atoms with E-state index in [2.05, 4.69) is 25.6 Å². The third-order valence-electron chi connectivity index (χ3n) is 6.62. The summed E-state index contributed by atoms with van der Waals surface area (Å²) in [6.07, 6.45) is 1.63. The minimum atomic E-state index is -2.20. The zero-order chi connectivity index (χ0) is 26.8. The van der Waals surface area contributed by atoms with Crippen molar-refractivity contribution in [2.75, 3.05) is 38.5 Å². The number of benzene rings is 1. The maximum absolute atomic E-state index is 14.0. The van der Waals surface area contributed by atoms with Crippen LogP contribution in [0.4, 0.5) is 5.95 Å². The van der Waals surface area contributed by atoms with Crippen molar-refractivity contribution in [1.29, 1.82) is 0 Å². The standard InChI is InChI=1S/C26H28ClN7O3S/c1-16-4-3-5-22(31-16)17-6-7-19(21(27)13-17)20-12-18-14-30-26(28-2)32-24(18)34(25(20)35)15-23(38(36)37)33-10-8-29-9-11-33/h3-7,12-14,23,29H,8-11,15H2,1-2H3,(H,36,37)(H,28,30,32). The summed E-state index contributed by atoms with van der Waals surface area (Å²) in [5, 5.41) is 6.36. The van der Waals surface area contributed by atoms with E-state index in [4.69, 9.17) is 11.6 Å². The Bertz CT molecular complexity index is 1570. The van der Waals surface area contributed by atoms with Gasteiger partial charge < -0.3 is 15.2 Å². The quantitative estimate of drug-likeness (QED) is 0.296. The number of fused-ring (bicyclic) bond motifs is 1. The Labute approximate surface area is 227 Å². The fourth-order valence-electron chi connectivity index (χ4n) is 4.67. The van der Waals surface area contributed by atoms with Crippen LogP contribution in [-0.2, 0) is 17.6 Å². The zero-order valence-corrected chi connectivity index (χ0v) is 22.6. The molecule has 198 valence electrons. The molecule has 1 aromatic carbocycles. The van der Waals surface area contributed by atoms with Gasteiger partial charge in [-0.2, -0.15) is 4.98 Å². The van der Waals surface area contributed by atoms with Crippen LogP contribution in [0.15, 0.2) is 53.5 Å². The highest BCUT2D eigenvalue weighted by atomic mass is 35.5. The van der Waals surface area contributed by atoms with Gasteiger partial charge in [0.25, 0.3) is 5.56 Å². The number of hydrogen-bond donors (Lipinski definition) is 3. The monoisotopic (exact) mass is 553 g/mol. The lowest BCUT2D eigenvalue weighted by Crippen LogP contribution is -2.52. The number of pyridine rings is 2. The molecule has 1 saturated heterocycles. The fraction of sp³-hybridized carbons (Fsp3) is 0.308. The molecule has 5 rings (SSSR count). The van der Waals surface area contributed by atoms with Crippen molar-refractivity contribution in [3.63, 3.8) is 0 Å². The first-order valence-electron chi connectivity index (χ1n) is 12.2. The lowest BCUT2D eigenvalue weighted by molar-refractivity contribution is 0.203. The molecule has 12 heteroatoms. The third-order valence-corrected chi connectivity index (χ3v) is 7.85. The first-order valence-corrected chi connectivity index (χ1v) is 13.8. The van der Waals surface area contributed by atoms with Crippen molar-refractivity contribution in [3.8, 4) is 22.4 Å². The Morgan fingerprint density at radius 3 is 2.63 bits per heavy atom. The van der Waals surface area contributed by atoms with Gasteiger partial charge in [-0.15, -0.1) is 0 Å². The van der Waals surface area contributed by atoms with E-state index in [1.54, 1.807) is 31.4 Å². The van der Waals surface area contributed by atoms with Crippen molar-refractivity contribution in [3.05, 3.63) is 69.7 Å². The second-order valence-electron chi connectivity index (χ2n) is 9.07. The molecule has 3 N–H and O–H groups in total. The molecule has 0 aliphatic carbocycles. The van der Waals surface area contributed by atoms with E-state index < -0.39 is 16.5 Å². The van der Waals surface area contributed by atoms with Crippen LogP contribution in [0.1, 0.15) is 5.69 Å². The predicted molar refractivity (Wildman–Crippen MR) is 151 cm³/mol. The van der Waals surface area contributed by atoms with Gasteiger partial charge in [-0.25, -0.2) is 9.19 Å². The fourth-order valence-corrected chi connectivity index (χ4v) is 5.70. The first-order chi connectivity index (χ1) is 18.4. The summed E-state index contributed by atoms with van der Waals surface area (Å²) >= 11 is 4.54. The zero-order valence-electron chi connectivity index (χ0n) is 21.0. The molecule has 0 bridgehead atoms. The minimum Gasteiger partial charge on any atom is -0.357 e. The summed E-state index contributed by atoms with van der Waals surface area (Å²) in [7, 11) is 1.69. The van der Waals surface area contributed by atoms with E-state index >= 15 is 0 Å². The lowest BCUT2D eigenvalue weighted by atomic mass is 10.0. The minimum absolute atomic E-state index is 0.0185. The lowest BCUT2D eigenvalue weighted by Gasteiger charge is -2.33. The van der Waals surface area contributed by atoms with Crippen LogP contribution in [0.25, 0.3) is 33.4 Å². The summed E-state index contributed by atoms with van der Waals surface area (Å²) in [6.45, 7) is 4.50. The number of nitrogens with zero attached hydrogens (tertiary/aromatic N) is 5. The number of rotatable bonds is 7. The van der Waals surface area contributed by atoms with E-state index in [1.807, 2.05) is 36.1 Å². The molecule has 4 heterocycles. The number of hydrogen-bond acceptors (Lipinski definition) is 8. The normalized spacial score (nSPS) is 15.9. The summed E-state index contributed by atoms with van der Waals surface area (Å²) in [5.41, 5.74) is 3.43. The van der Waals surface area contributed by atoms with Gasteiger partial charge in [-0.1, -0.05) is 29.8 Å². The molecule has 0 radical (unpaired) electrons. The SMILES string of the molecule is CNc1ncc2cc(-c3ccc(-c4cccc(C)n4)cc3Cl)c(=O)n(CC(N3CCNCC3)S(=O)O)c2n1. The van der Waals surface area contributed by atoms with Crippen molar-refractivity contribution < 1.29 is 8.76 Å². The molecule has 2 atom stereocenters. The second-order valence-corrected chi connectivity index (χ2v) is 10.6. The van der Waals surface area contributed by atoms with E-state index in [9.17, 15) is 13.6 Å². The molecule has 1 aliphatic rings. The van der Waals surface area contributed by atoms with Gasteiger partial charge in [0.15, 0.2) is 11.1 Å². The van der Waals surface area contributed by atoms with Crippen LogP contribution in [0.3, 0.4) is 0 Å². The van der Waals surface area contributed by atoms with Gasteiger partial charge in [-0.05, 0) is 31.2 Å². The molecule has 1 fully saturated rings. The first kappa shape index (κ1) is 26.4. The van der Waals surface area contributed by atoms with Gasteiger partial charge in [0, 0.05) is 72.2 Å². The molecule has 2 unspecified atom stereocenters. The highest BCUT2D eigenvalue weighted by Gasteiger charge is 2.28. The molecule has 4 aromatic rings. The van der Waals surface area contributed by atoms with Gasteiger partial charge in [0.1, 0.15) is 11.0 Å². The Hall–Kier alpha value is -3.22. The number of nitrogens with one attached hydrogen (secondary N) is 2. The molecule has 0 saturated carbocycles. The van der Waals surface area contributed by atoms with Crippen molar-refractivity contribution >= 4 is 39.7 Å². The molecular weight excluding hydrogens is 526 g/mol. The number of piperazine rings is 1. The number of aromatic nitrogens is 4. The topological polar surface area (TPSA) is 125 Å². The molecular formula is C26H28ClN7O3S. The Kier molecular flexibility index (Phi) is 7.82. The van der Waals surface area contributed by atoms with Crippen LogP contribution in [0, 0.1) is 6.92 Å². The maximum Gasteiger partial charge on any atom is 0.260 e. The molecule has 38 heavy (non-hydrogen) atoms. The van der Waals surface area contributed by atoms with Gasteiger partial charge in [0.2, 0.25) is 5.95 Å². The molecule has 1 aliphatic heterocycles. The average Bonchev–Trinajstić information content (AvgIpc) is 2.92. The summed E-state index contributed by atoms with van der Waals surface area (Å²) in [4.78, 5) is 29.3. The van der Waals surface area contributed by atoms with E-state index in [0.717, 1.165) is 17.0 Å². The largest absolute Gasteiger partial charge is 0.357 e. The Morgan fingerprint density at radius 1 is 1.16 bits per heavy atom. The Morgan fingerprint density at radius 2 is 1.95 bits per heavy atom. The number of halogens is 1. The molecule has 0 amide bonds. The highest BCUT2D eigenvalue weighted by molar-refractivity contribution is 7.79. The van der Waals surface area contributed by atoms with E-state index in [1.165, 1.54) is 4.57 Å². The van der Waals surface area contributed by atoms with Crippen LogP contribution in [0.2, 0.25) is 5.02 Å². The highest BCUT2D eigenvalue weighted by Crippen LogP contribution is 2.32. The third kappa shape index (κ3) is 5.33. The van der Waals surface area contributed by atoms with Crippen molar-refractivity contribution in [1.82, 2.24) is 29.7 Å². The van der Waals surface area contributed by atoms with Crippen LogP contribution >= 0.6 is 11.6 Å². The summed E-state index contributed by atoms with van der Waals surface area (Å²) < 4.78 is 24.1. The second kappa shape index (κ2) is 11.3. The number of aryl methyl sites for hydroxylation is 1. The summed E-state index contributed by atoms with van der Waals surface area (Å²) in [5.74, 6) is 0.343. The molecule has 10 nitrogen and oxygen atoms in total.